The van der Waals surface area contributed by atoms with E-state index in [1.807, 2.05) is 0 Å². The molecule has 0 aliphatic rings. The van der Waals surface area contributed by atoms with Gasteiger partial charge in [-0.3, -0.25) is 4.98 Å². The summed E-state index contributed by atoms with van der Waals surface area (Å²) in [5.41, 5.74) is 0.530. The number of pyridine rings is 1. The van der Waals surface area contributed by atoms with Crippen molar-refractivity contribution in [3.8, 4) is 0 Å². The van der Waals surface area contributed by atoms with E-state index in [9.17, 15) is 9.90 Å². The van der Waals surface area contributed by atoms with Crippen LogP contribution in [-0.4, -0.2) is 11.0 Å². The Kier molecular flexibility index (Phi) is 13.6. The van der Waals surface area contributed by atoms with Crippen molar-refractivity contribution >= 4 is 5.97 Å². The molecule has 76 valence electrons. The molecule has 0 radical (unpaired) electrons. The standard InChI is InChI=1S/C7H7NO2.ClH.H3N.Pt/c9-7(10)5-6-3-1-2-4-8-6;;;/h1-4H,5H2,(H,9,10);1H;1H3;/q;;;+2/p-2. The number of carboxylic acids is 1. The van der Waals surface area contributed by atoms with Gasteiger partial charge in [0.2, 0.25) is 0 Å². The third kappa shape index (κ3) is 7.90. The molecule has 3 N–H and O–H groups in total. The van der Waals surface area contributed by atoms with Gasteiger partial charge >= 0.3 is 21.1 Å². The maximum absolute atomic E-state index is 10.0. The maximum Gasteiger partial charge on any atom is 2.00 e. The Morgan fingerprint density at radius 3 is 2.46 bits per heavy atom. The zero-order chi connectivity index (χ0) is 7.40. The van der Waals surface area contributed by atoms with Crippen LogP contribution in [0.1, 0.15) is 5.69 Å². The van der Waals surface area contributed by atoms with Crippen LogP contribution in [0.5, 0.6) is 0 Å². The fourth-order valence-corrected chi connectivity index (χ4v) is 0.651. The summed E-state index contributed by atoms with van der Waals surface area (Å²) in [5.74, 6) is -1.10. The molecule has 0 saturated heterocycles. The molecular weight excluding hydrogens is 375 g/mol. The Labute approximate surface area is 97.0 Å². The quantitative estimate of drug-likeness (QED) is 0.575. The van der Waals surface area contributed by atoms with Crippen molar-refractivity contribution in [2.75, 3.05) is 0 Å². The van der Waals surface area contributed by atoms with Crippen LogP contribution < -0.4 is 23.7 Å². The summed E-state index contributed by atoms with van der Waals surface area (Å²) in [6, 6.07) is 5.12. The Morgan fingerprint density at radius 1 is 1.46 bits per heavy atom. The molecule has 6 heteroatoms. The first-order valence-corrected chi connectivity index (χ1v) is 2.89. The first-order valence-electron chi connectivity index (χ1n) is 2.89. The number of aromatic nitrogens is 1. The van der Waals surface area contributed by atoms with Crippen molar-refractivity contribution in [3.63, 3.8) is 0 Å². The van der Waals surface area contributed by atoms with Crippen molar-refractivity contribution < 1.29 is 43.4 Å². The molecular formula is C7H9ClN2O2Pt. The van der Waals surface area contributed by atoms with E-state index in [1.54, 1.807) is 24.4 Å². The molecule has 0 amide bonds. The molecule has 0 saturated carbocycles. The van der Waals surface area contributed by atoms with Gasteiger partial charge in [0.1, 0.15) is 0 Å². The fourth-order valence-electron chi connectivity index (χ4n) is 0.651. The predicted octanol–water partition coefficient (Wildman–Crippen LogP) is -3.46. The van der Waals surface area contributed by atoms with Crippen molar-refractivity contribution in [1.29, 1.82) is 0 Å². The molecule has 0 spiro atoms. The van der Waals surface area contributed by atoms with Crippen LogP contribution >= 0.6 is 0 Å². The topological polar surface area (TPSA) is 88.0 Å². The summed E-state index contributed by atoms with van der Waals surface area (Å²) in [6.45, 7) is 0. The van der Waals surface area contributed by atoms with Gasteiger partial charge in [0, 0.05) is 24.3 Å². The van der Waals surface area contributed by atoms with Gasteiger partial charge in [0.05, 0.1) is 0 Å². The predicted molar refractivity (Wildman–Crippen MR) is 38.0 cm³/mol. The number of halogens is 1. The van der Waals surface area contributed by atoms with Crippen LogP contribution in [0.3, 0.4) is 0 Å². The Hall–Kier alpha value is -0.442. The molecule has 0 unspecified atom stereocenters. The van der Waals surface area contributed by atoms with Gasteiger partial charge in [0.25, 0.3) is 0 Å². The van der Waals surface area contributed by atoms with E-state index in [-0.39, 0.29) is 46.0 Å². The van der Waals surface area contributed by atoms with Crippen LogP contribution in [-0.2, 0) is 32.3 Å². The van der Waals surface area contributed by atoms with Crippen LogP contribution in [0, 0.1) is 0 Å². The van der Waals surface area contributed by atoms with E-state index in [1.165, 1.54) is 0 Å². The van der Waals surface area contributed by atoms with E-state index >= 15 is 0 Å². The molecule has 1 rings (SSSR count). The van der Waals surface area contributed by atoms with Crippen molar-refractivity contribution in [2.24, 2.45) is 0 Å². The van der Waals surface area contributed by atoms with Gasteiger partial charge in [-0.25, -0.2) is 0 Å². The third-order valence-electron chi connectivity index (χ3n) is 1.05. The molecule has 0 atom stereocenters. The molecule has 1 aromatic heterocycles. The van der Waals surface area contributed by atoms with E-state index < -0.39 is 5.97 Å². The van der Waals surface area contributed by atoms with Gasteiger partial charge in [-0.05, 0) is 12.1 Å². The van der Waals surface area contributed by atoms with Crippen molar-refractivity contribution in [2.45, 2.75) is 6.42 Å². The largest absolute Gasteiger partial charge is 2.00 e. The Bertz CT molecular complexity index is 233. The fraction of sp³-hybridized carbons (Fsp3) is 0.143. The van der Waals surface area contributed by atoms with Gasteiger partial charge in [-0.15, -0.1) is 0 Å². The molecule has 1 aromatic rings. The summed E-state index contributed by atoms with van der Waals surface area (Å²) < 4.78 is 0. The Morgan fingerprint density at radius 2 is 2.08 bits per heavy atom. The second-order valence-corrected chi connectivity index (χ2v) is 1.87. The first kappa shape index (κ1) is 18.4. The van der Waals surface area contributed by atoms with Crippen molar-refractivity contribution in [3.05, 3.63) is 30.1 Å². The zero-order valence-electron chi connectivity index (χ0n) is 6.68. The number of rotatable bonds is 2. The van der Waals surface area contributed by atoms with Crippen LogP contribution in [0.15, 0.2) is 24.4 Å². The van der Waals surface area contributed by atoms with E-state index in [4.69, 9.17) is 0 Å². The normalized spacial score (nSPS) is 7.08. The first-order chi connectivity index (χ1) is 4.79. The summed E-state index contributed by atoms with van der Waals surface area (Å²) in [6.07, 6.45) is 1.44. The van der Waals surface area contributed by atoms with Crippen molar-refractivity contribution in [1.82, 2.24) is 11.1 Å². The number of hydrogen-bond donors (Lipinski definition) is 1. The number of hydrogen-bond acceptors (Lipinski definition) is 4. The van der Waals surface area contributed by atoms with Gasteiger partial charge < -0.3 is 28.5 Å². The number of carbonyl (C=O) groups is 1. The second kappa shape index (κ2) is 9.64. The smallest absolute Gasteiger partial charge is 1.00 e. The number of carbonyl (C=O) groups excluding carboxylic acids is 1. The molecule has 0 aromatic carbocycles. The summed E-state index contributed by atoms with van der Waals surface area (Å²) >= 11 is 0. The third-order valence-corrected chi connectivity index (χ3v) is 1.05. The molecule has 0 aliphatic carbocycles. The summed E-state index contributed by atoms with van der Waals surface area (Å²) in [7, 11) is 0. The average molecular weight is 384 g/mol. The molecule has 0 bridgehead atoms. The van der Waals surface area contributed by atoms with Crippen LogP contribution in [0.2, 0.25) is 0 Å². The molecule has 4 nitrogen and oxygen atoms in total. The second-order valence-electron chi connectivity index (χ2n) is 1.87. The van der Waals surface area contributed by atoms with E-state index in [0.29, 0.717) is 5.69 Å². The Balaban J connectivity index is -0.000000333. The minimum absolute atomic E-state index is 0. The molecule has 0 aliphatic heterocycles. The van der Waals surface area contributed by atoms with Crippen LogP contribution in [0.4, 0.5) is 0 Å². The average Bonchev–Trinajstić information content (AvgIpc) is 1.88. The van der Waals surface area contributed by atoms with Gasteiger partial charge in [0.15, 0.2) is 0 Å². The summed E-state index contributed by atoms with van der Waals surface area (Å²) in [4.78, 5) is 13.8. The molecule has 1 heterocycles. The number of nitrogens with zero attached hydrogens (tertiary/aromatic N) is 1. The number of aliphatic carboxylic acids is 1. The van der Waals surface area contributed by atoms with E-state index in [2.05, 4.69) is 4.98 Å². The van der Waals surface area contributed by atoms with Crippen LogP contribution in [0.25, 0.3) is 0 Å². The van der Waals surface area contributed by atoms with Gasteiger partial charge in [-0.2, -0.15) is 0 Å². The minimum Gasteiger partial charge on any atom is -1.00 e. The molecule has 13 heavy (non-hydrogen) atoms. The molecule has 0 fully saturated rings. The number of carboxylic acid groups (broad SMARTS) is 1. The zero-order valence-corrected chi connectivity index (χ0v) is 9.71. The van der Waals surface area contributed by atoms with Gasteiger partial charge in [-0.1, -0.05) is 6.07 Å². The monoisotopic (exact) mass is 383 g/mol. The van der Waals surface area contributed by atoms with E-state index in [0.717, 1.165) is 0 Å². The minimum atomic E-state index is -1.10. The maximum atomic E-state index is 10.0. The SMILES string of the molecule is N.O=C([O-])Cc1ccccn1.[Cl-].[Pt+2]. The summed E-state index contributed by atoms with van der Waals surface area (Å²) in [5, 5.41) is 10.0.